The molecule has 1 heterocycles. The Hall–Kier alpha value is -3.05. The highest BCUT2D eigenvalue weighted by Crippen LogP contribution is 2.31. The lowest BCUT2D eigenvalue weighted by molar-refractivity contribution is -0.137. The van der Waals surface area contributed by atoms with Crippen molar-refractivity contribution in [3.8, 4) is 11.4 Å². The van der Waals surface area contributed by atoms with E-state index in [9.17, 15) is 26.4 Å². The predicted molar refractivity (Wildman–Crippen MR) is 101 cm³/mol. The molecule has 30 heavy (non-hydrogen) atoms. The van der Waals surface area contributed by atoms with E-state index in [-0.39, 0.29) is 21.5 Å². The summed E-state index contributed by atoms with van der Waals surface area (Å²) in [6.45, 7) is 0. The molecule has 1 aromatic heterocycles. The molecule has 0 radical (unpaired) electrons. The summed E-state index contributed by atoms with van der Waals surface area (Å²) in [6, 6.07) is 9.60. The number of aromatic nitrogens is 2. The average Bonchev–Trinajstić information content (AvgIpc) is 3.08. The smallest absolute Gasteiger partial charge is 0.416 e. The number of ether oxygens (including phenoxy) is 1. The molecule has 158 valence electrons. The first kappa shape index (κ1) is 21.7. The molecule has 12 heteroatoms. The molecule has 7 nitrogen and oxygen atoms in total. The number of amides is 1. The van der Waals surface area contributed by atoms with E-state index in [0.717, 1.165) is 23.0 Å². The van der Waals surface area contributed by atoms with Crippen LogP contribution < -0.4 is 9.46 Å². The lowest BCUT2D eigenvalue weighted by atomic mass is 10.2. The van der Waals surface area contributed by atoms with Crippen molar-refractivity contribution in [2.45, 2.75) is 11.1 Å². The highest BCUT2D eigenvalue weighted by molar-refractivity contribution is 7.90. The number of methoxy groups -OCH3 is 1. The number of imidazole rings is 1. The van der Waals surface area contributed by atoms with Crippen molar-refractivity contribution in [1.82, 2.24) is 14.3 Å². The fourth-order valence-corrected chi connectivity index (χ4v) is 3.76. The van der Waals surface area contributed by atoms with Crippen LogP contribution in [0.3, 0.4) is 0 Å². The monoisotopic (exact) mass is 459 g/mol. The fourth-order valence-electron chi connectivity index (χ4n) is 2.50. The Balaban J connectivity index is 1.89. The van der Waals surface area contributed by atoms with Gasteiger partial charge >= 0.3 is 6.18 Å². The SMILES string of the molecule is COc1cccc(S(=O)(=O)NC(=O)c2ncn(-c3cccc(C(F)(F)F)c3)c2Cl)c1. The van der Waals surface area contributed by atoms with Gasteiger partial charge in [0.25, 0.3) is 15.9 Å². The van der Waals surface area contributed by atoms with Gasteiger partial charge in [0.1, 0.15) is 17.2 Å². The number of benzene rings is 2. The molecular formula is C18H13ClF3N3O4S. The lowest BCUT2D eigenvalue weighted by Crippen LogP contribution is -2.31. The molecule has 0 aliphatic rings. The normalized spacial score (nSPS) is 11.9. The third-order valence-electron chi connectivity index (χ3n) is 3.95. The molecule has 0 unspecified atom stereocenters. The van der Waals surface area contributed by atoms with E-state index in [0.29, 0.717) is 0 Å². The van der Waals surface area contributed by atoms with Gasteiger partial charge in [-0.1, -0.05) is 23.7 Å². The number of hydrogen-bond donors (Lipinski definition) is 1. The second-order valence-corrected chi connectivity index (χ2v) is 7.96. The number of carbonyl (C=O) groups excluding carboxylic acids is 1. The lowest BCUT2D eigenvalue weighted by Gasteiger charge is -2.10. The van der Waals surface area contributed by atoms with Gasteiger partial charge in [0.15, 0.2) is 5.69 Å². The Morgan fingerprint density at radius 1 is 1.17 bits per heavy atom. The van der Waals surface area contributed by atoms with E-state index >= 15 is 0 Å². The van der Waals surface area contributed by atoms with Gasteiger partial charge in [-0.3, -0.25) is 9.36 Å². The maximum Gasteiger partial charge on any atom is 0.416 e. The molecule has 3 aromatic rings. The first-order valence-corrected chi connectivity index (χ1v) is 10.0. The van der Waals surface area contributed by atoms with Gasteiger partial charge in [0.05, 0.1) is 17.6 Å². The number of hydrogen-bond acceptors (Lipinski definition) is 5. The van der Waals surface area contributed by atoms with Crippen LogP contribution in [0, 0.1) is 0 Å². The molecule has 0 aliphatic heterocycles. The molecule has 3 rings (SSSR count). The average molecular weight is 460 g/mol. The summed E-state index contributed by atoms with van der Waals surface area (Å²) in [4.78, 5) is 15.9. The molecule has 0 fully saturated rings. The van der Waals surface area contributed by atoms with Crippen LogP contribution in [0.15, 0.2) is 59.8 Å². The Labute approximate surface area is 174 Å². The highest BCUT2D eigenvalue weighted by Gasteiger charge is 2.31. The molecule has 1 amide bonds. The number of nitrogens with zero attached hydrogens (tertiary/aromatic N) is 2. The van der Waals surface area contributed by atoms with E-state index in [4.69, 9.17) is 16.3 Å². The topological polar surface area (TPSA) is 90.3 Å². The van der Waals surface area contributed by atoms with Crippen LogP contribution in [0.1, 0.15) is 16.1 Å². The molecule has 0 atom stereocenters. The zero-order valence-corrected chi connectivity index (χ0v) is 16.7. The van der Waals surface area contributed by atoms with Crippen LogP contribution >= 0.6 is 11.6 Å². The zero-order valence-electron chi connectivity index (χ0n) is 15.1. The first-order chi connectivity index (χ1) is 14.0. The molecular weight excluding hydrogens is 447 g/mol. The number of halogens is 4. The summed E-state index contributed by atoms with van der Waals surface area (Å²) in [5.74, 6) is -0.884. The maximum atomic E-state index is 12.9. The quantitative estimate of drug-likeness (QED) is 0.628. The molecule has 0 saturated heterocycles. The molecule has 0 bridgehead atoms. The number of alkyl halides is 3. The minimum Gasteiger partial charge on any atom is -0.497 e. The van der Waals surface area contributed by atoms with Gasteiger partial charge < -0.3 is 4.74 Å². The van der Waals surface area contributed by atoms with Crippen LogP contribution in [0.4, 0.5) is 13.2 Å². The molecule has 1 N–H and O–H groups in total. The van der Waals surface area contributed by atoms with E-state index in [1.165, 1.54) is 43.5 Å². The van der Waals surface area contributed by atoms with Crippen LogP contribution in [0.5, 0.6) is 5.75 Å². The number of carbonyl (C=O) groups is 1. The molecule has 0 spiro atoms. The number of nitrogens with one attached hydrogen (secondary N) is 1. The summed E-state index contributed by atoms with van der Waals surface area (Å²) in [6.07, 6.45) is -3.56. The fraction of sp³-hybridized carbons (Fsp3) is 0.111. The Kier molecular flexibility index (Phi) is 5.77. The van der Waals surface area contributed by atoms with Crippen molar-refractivity contribution >= 4 is 27.5 Å². The highest BCUT2D eigenvalue weighted by atomic mass is 35.5. The van der Waals surface area contributed by atoms with E-state index in [1.807, 2.05) is 4.72 Å². The Morgan fingerprint density at radius 2 is 1.87 bits per heavy atom. The second-order valence-electron chi connectivity index (χ2n) is 5.92. The first-order valence-electron chi connectivity index (χ1n) is 8.14. The minimum atomic E-state index is -4.58. The maximum absolute atomic E-state index is 12.9. The van der Waals surface area contributed by atoms with Crippen LogP contribution in [-0.2, 0) is 16.2 Å². The number of rotatable bonds is 5. The Bertz CT molecular complexity index is 1210. The molecule has 2 aromatic carbocycles. The third kappa shape index (κ3) is 4.41. The van der Waals surface area contributed by atoms with E-state index in [1.54, 1.807) is 0 Å². The van der Waals surface area contributed by atoms with Crippen LogP contribution in [0.25, 0.3) is 5.69 Å². The summed E-state index contributed by atoms with van der Waals surface area (Å²) in [5.41, 5.74) is -1.39. The minimum absolute atomic E-state index is 0.00275. The molecule has 0 saturated carbocycles. The number of sulfonamides is 1. The third-order valence-corrected chi connectivity index (χ3v) is 5.64. The Morgan fingerprint density at radius 3 is 2.53 bits per heavy atom. The van der Waals surface area contributed by atoms with E-state index in [2.05, 4.69) is 4.98 Å². The summed E-state index contributed by atoms with van der Waals surface area (Å²) in [5, 5.41) is -0.354. The predicted octanol–water partition coefficient (Wildman–Crippen LogP) is 3.67. The van der Waals surface area contributed by atoms with Gasteiger partial charge in [0, 0.05) is 11.8 Å². The van der Waals surface area contributed by atoms with Gasteiger partial charge in [-0.05, 0) is 30.3 Å². The van der Waals surface area contributed by atoms with Gasteiger partial charge in [-0.15, -0.1) is 0 Å². The van der Waals surface area contributed by atoms with Crippen LogP contribution in [-0.4, -0.2) is 31.0 Å². The standard InChI is InChI=1S/C18H13ClF3N3O4S/c1-29-13-6-3-7-14(9-13)30(27,28)24-17(26)15-16(19)25(10-23-15)12-5-2-4-11(8-12)18(20,21)22/h2-10H,1H3,(H,24,26). The van der Waals surface area contributed by atoms with Crippen molar-refractivity contribution in [1.29, 1.82) is 0 Å². The zero-order chi connectivity index (χ0) is 22.1. The van der Waals surface area contributed by atoms with Crippen molar-refractivity contribution in [2.24, 2.45) is 0 Å². The summed E-state index contributed by atoms with van der Waals surface area (Å²) in [7, 11) is -2.92. The summed E-state index contributed by atoms with van der Waals surface area (Å²) < 4.78 is 71.4. The second kappa shape index (κ2) is 8.00. The van der Waals surface area contributed by atoms with Crippen molar-refractivity contribution in [2.75, 3.05) is 7.11 Å². The van der Waals surface area contributed by atoms with Crippen LogP contribution in [0.2, 0.25) is 5.15 Å². The largest absolute Gasteiger partial charge is 0.497 e. The van der Waals surface area contributed by atoms with Gasteiger partial charge in [0.2, 0.25) is 0 Å². The van der Waals surface area contributed by atoms with Crippen molar-refractivity contribution in [3.05, 3.63) is 71.3 Å². The summed E-state index contributed by atoms with van der Waals surface area (Å²) >= 11 is 6.09. The van der Waals surface area contributed by atoms with Crippen molar-refractivity contribution < 1.29 is 31.1 Å². The van der Waals surface area contributed by atoms with E-state index < -0.39 is 33.4 Å². The van der Waals surface area contributed by atoms with Gasteiger partial charge in [-0.25, -0.2) is 18.1 Å². The van der Waals surface area contributed by atoms with Crippen molar-refractivity contribution in [3.63, 3.8) is 0 Å². The van der Waals surface area contributed by atoms with Gasteiger partial charge in [-0.2, -0.15) is 13.2 Å². The molecule has 0 aliphatic carbocycles.